The van der Waals surface area contributed by atoms with Crippen molar-refractivity contribution in [2.24, 2.45) is 0 Å². The third-order valence-electron chi connectivity index (χ3n) is 5.64. The van der Waals surface area contributed by atoms with Crippen LogP contribution >= 0.6 is 0 Å². The van der Waals surface area contributed by atoms with E-state index in [0.717, 1.165) is 18.1 Å². The van der Waals surface area contributed by atoms with Crippen LogP contribution in [0.3, 0.4) is 0 Å². The second-order valence-electron chi connectivity index (χ2n) is 7.61. The summed E-state index contributed by atoms with van der Waals surface area (Å²) in [5, 5.41) is 2.52. The molecule has 1 heterocycles. The van der Waals surface area contributed by atoms with E-state index >= 15 is 0 Å². The molecule has 30 heavy (non-hydrogen) atoms. The first kappa shape index (κ1) is 18.7. The van der Waals surface area contributed by atoms with Gasteiger partial charge < -0.3 is 14.2 Å². The van der Waals surface area contributed by atoms with E-state index < -0.39 is 0 Å². The molecular formula is C27H24O3. The van der Waals surface area contributed by atoms with E-state index in [-0.39, 0.29) is 12.0 Å². The summed E-state index contributed by atoms with van der Waals surface area (Å²) < 4.78 is 16.4. The maximum atomic E-state index is 5.84. The Morgan fingerprint density at radius 3 is 2.10 bits per heavy atom. The van der Waals surface area contributed by atoms with E-state index in [1.807, 2.05) is 12.1 Å². The lowest BCUT2D eigenvalue weighted by molar-refractivity contribution is 0.263. The van der Waals surface area contributed by atoms with E-state index in [2.05, 4.69) is 78.9 Å². The van der Waals surface area contributed by atoms with Crippen molar-refractivity contribution in [3.05, 3.63) is 108 Å². The first-order chi connectivity index (χ1) is 14.8. The molecule has 0 saturated carbocycles. The minimum Gasteiger partial charge on any atom is -0.497 e. The number of benzene rings is 4. The zero-order valence-corrected chi connectivity index (χ0v) is 17.0. The van der Waals surface area contributed by atoms with Crippen LogP contribution in [0.25, 0.3) is 10.8 Å². The van der Waals surface area contributed by atoms with Crippen molar-refractivity contribution in [1.82, 2.24) is 0 Å². The van der Waals surface area contributed by atoms with Crippen LogP contribution in [0, 0.1) is 0 Å². The minimum absolute atomic E-state index is 0.114. The Kier molecular flexibility index (Phi) is 5.12. The summed E-state index contributed by atoms with van der Waals surface area (Å²) in [5.74, 6) is 1.85. The summed E-state index contributed by atoms with van der Waals surface area (Å²) in [6.07, 6.45) is 0.257. The number of epoxide rings is 1. The van der Waals surface area contributed by atoms with Gasteiger partial charge in [-0.1, -0.05) is 66.7 Å². The van der Waals surface area contributed by atoms with Gasteiger partial charge in [0.05, 0.1) is 13.7 Å². The van der Waals surface area contributed by atoms with Gasteiger partial charge in [0.25, 0.3) is 0 Å². The summed E-state index contributed by atoms with van der Waals surface area (Å²) in [5.41, 5.74) is 3.75. The number of hydrogen-bond donors (Lipinski definition) is 0. The molecule has 1 aliphatic heterocycles. The Bertz CT molecular complexity index is 1120. The van der Waals surface area contributed by atoms with Gasteiger partial charge in [-0.15, -0.1) is 0 Å². The van der Waals surface area contributed by atoms with Gasteiger partial charge in [0.2, 0.25) is 0 Å². The molecule has 0 bridgehead atoms. The fraction of sp³-hybridized carbons (Fsp3) is 0.185. The van der Waals surface area contributed by atoms with Crippen LogP contribution in [-0.2, 0) is 4.74 Å². The van der Waals surface area contributed by atoms with E-state index in [4.69, 9.17) is 14.2 Å². The summed E-state index contributed by atoms with van der Waals surface area (Å²) in [6.45, 7) is 1.42. The van der Waals surface area contributed by atoms with Crippen LogP contribution in [0.4, 0.5) is 0 Å². The van der Waals surface area contributed by atoms with Gasteiger partial charge in [-0.05, 0) is 51.7 Å². The summed E-state index contributed by atoms with van der Waals surface area (Å²) in [4.78, 5) is 0. The lowest BCUT2D eigenvalue weighted by atomic mass is 9.83. The molecule has 0 N–H and O–H groups in total. The number of rotatable bonds is 7. The molecule has 5 rings (SSSR count). The van der Waals surface area contributed by atoms with Crippen LogP contribution in [0.5, 0.6) is 11.5 Å². The molecule has 1 aliphatic rings. The van der Waals surface area contributed by atoms with Gasteiger partial charge in [-0.3, -0.25) is 0 Å². The van der Waals surface area contributed by atoms with E-state index in [1.165, 1.54) is 27.5 Å². The largest absolute Gasteiger partial charge is 0.497 e. The third-order valence-corrected chi connectivity index (χ3v) is 5.64. The Morgan fingerprint density at radius 2 is 1.43 bits per heavy atom. The molecule has 4 aromatic carbocycles. The number of methoxy groups -OCH3 is 1. The molecule has 4 aromatic rings. The molecule has 2 atom stereocenters. The van der Waals surface area contributed by atoms with Crippen LogP contribution in [0.1, 0.15) is 22.6 Å². The molecule has 1 fully saturated rings. The van der Waals surface area contributed by atoms with Crippen molar-refractivity contribution in [2.45, 2.75) is 12.0 Å². The first-order valence-corrected chi connectivity index (χ1v) is 10.3. The average molecular weight is 396 g/mol. The van der Waals surface area contributed by atoms with Gasteiger partial charge in [-0.25, -0.2) is 0 Å². The minimum atomic E-state index is 0.114. The fourth-order valence-electron chi connectivity index (χ4n) is 3.96. The quantitative estimate of drug-likeness (QED) is 0.292. The maximum absolute atomic E-state index is 5.84. The smallest absolute Gasteiger partial charge is 0.119 e. The summed E-state index contributed by atoms with van der Waals surface area (Å²) in [6, 6.07) is 31.9. The Morgan fingerprint density at radius 1 is 0.800 bits per heavy atom. The molecular weight excluding hydrogens is 372 g/mol. The molecule has 0 aromatic heterocycles. The van der Waals surface area contributed by atoms with Crippen LogP contribution < -0.4 is 9.47 Å². The van der Waals surface area contributed by atoms with E-state index in [1.54, 1.807) is 7.11 Å². The molecule has 0 amide bonds. The number of hydrogen-bond acceptors (Lipinski definition) is 3. The van der Waals surface area contributed by atoms with Gasteiger partial charge in [-0.2, -0.15) is 0 Å². The predicted octanol–water partition coefficient (Wildman–Crippen LogP) is 5.81. The SMILES string of the molecule is COc1ccc(C(c2ccc(OCC3CO3)cc2)c2cccc3ccccc23)cc1. The van der Waals surface area contributed by atoms with Crippen molar-refractivity contribution < 1.29 is 14.2 Å². The van der Waals surface area contributed by atoms with E-state index in [0.29, 0.717) is 6.61 Å². The van der Waals surface area contributed by atoms with Crippen molar-refractivity contribution >= 4 is 10.8 Å². The van der Waals surface area contributed by atoms with Crippen molar-refractivity contribution in [2.75, 3.05) is 20.3 Å². The molecule has 0 spiro atoms. The highest BCUT2D eigenvalue weighted by Crippen LogP contribution is 2.37. The highest BCUT2D eigenvalue weighted by Gasteiger charge is 2.23. The van der Waals surface area contributed by atoms with Gasteiger partial charge in [0.1, 0.15) is 24.2 Å². The monoisotopic (exact) mass is 396 g/mol. The van der Waals surface area contributed by atoms with Crippen LogP contribution in [0.15, 0.2) is 91.0 Å². The highest BCUT2D eigenvalue weighted by molar-refractivity contribution is 5.87. The van der Waals surface area contributed by atoms with Crippen molar-refractivity contribution in [3.63, 3.8) is 0 Å². The first-order valence-electron chi connectivity index (χ1n) is 10.3. The van der Waals surface area contributed by atoms with Crippen molar-refractivity contribution in [1.29, 1.82) is 0 Å². The summed E-state index contributed by atoms with van der Waals surface area (Å²) >= 11 is 0. The zero-order chi connectivity index (χ0) is 20.3. The predicted molar refractivity (Wildman–Crippen MR) is 120 cm³/mol. The molecule has 3 nitrogen and oxygen atoms in total. The summed E-state index contributed by atoms with van der Waals surface area (Å²) in [7, 11) is 1.70. The maximum Gasteiger partial charge on any atom is 0.119 e. The number of fused-ring (bicyclic) bond motifs is 1. The molecule has 2 unspecified atom stereocenters. The second-order valence-corrected chi connectivity index (χ2v) is 7.61. The van der Waals surface area contributed by atoms with Crippen molar-refractivity contribution in [3.8, 4) is 11.5 Å². The fourth-order valence-corrected chi connectivity index (χ4v) is 3.96. The Hall–Kier alpha value is -3.30. The van der Waals surface area contributed by atoms with Gasteiger partial charge >= 0.3 is 0 Å². The molecule has 1 saturated heterocycles. The Labute approximate surface area is 176 Å². The zero-order valence-electron chi connectivity index (χ0n) is 17.0. The molecule has 0 aliphatic carbocycles. The lowest BCUT2D eigenvalue weighted by Gasteiger charge is -2.21. The highest BCUT2D eigenvalue weighted by atomic mass is 16.6. The Balaban J connectivity index is 1.57. The normalized spacial score (nSPS) is 16.2. The lowest BCUT2D eigenvalue weighted by Crippen LogP contribution is -2.06. The van der Waals surface area contributed by atoms with Gasteiger partial charge in [0, 0.05) is 5.92 Å². The van der Waals surface area contributed by atoms with E-state index in [9.17, 15) is 0 Å². The third kappa shape index (κ3) is 3.89. The van der Waals surface area contributed by atoms with Crippen LogP contribution in [0.2, 0.25) is 0 Å². The number of ether oxygens (including phenoxy) is 3. The second kappa shape index (κ2) is 8.21. The topological polar surface area (TPSA) is 31.0 Å². The standard InChI is InChI=1S/C27H24O3/c1-28-22-13-9-20(10-14-22)27(26-8-4-6-19-5-2-3-7-25(19)26)21-11-15-23(16-12-21)29-17-24-18-30-24/h2-16,24,27H,17-18H2,1H3. The molecule has 150 valence electrons. The molecule has 3 heteroatoms. The van der Waals surface area contributed by atoms with Gasteiger partial charge in [0.15, 0.2) is 0 Å². The van der Waals surface area contributed by atoms with Crippen LogP contribution in [-0.4, -0.2) is 26.4 Å². The average Bonchev–Trinajstić information content (AvgIpc) is 3.64. The molecule has 0 radical (unpaired) electrons.